The van der Waals surface area contributed by atoms with Crippen LogP contribution in [0.25, 0.3) is 11.8 Å². The first-order chi connectivity index (χ1) is 11.6. The molecule has 2 unspecified atom stereocenters. The lowest BCUT2D eigenvalue weighted by Gasteiger charge is -2.33. The normalized spacial score (nSPS) is 19.6. The largest absolute Gasteiger partial charge is 0.393 e. The topological polar surface area (TPSA) is 58.4 Å². The Morgan fingerprint density at radius 1 is 1.38 bits per heavy atom. The predicted molar refractivity (Wildman–Crippen MR) is 93.6 cm³/mol. The number of nitrogens with zero attached hydrogens (tertiary/aromatic N) is 3. The van der Waals surface area contributed by atoms with Crippen molar-refractivity contribution in [2.75, 3.05) is 13.1 Å². The van der Waals surface area contributed by atoms with Gasteiger partial charge in [-0.1, -0.05) is 18.2 Å². The number of likely N-dealkylation sites (tertiary alicyclic amines) is 1. The summed E-state index contributed by atoms with van der Waals surface area (Å²) in [6.07, 6.45) is 8.58. The fourth-order valence-electron chi connectivity index (χ4n) is 3.02. The molecule has 5 nitrogen and oxygen atoms in total. The van der Waals surface area contributed by atoms with Crippen LogP contribution in [0.3, 0.4) is 0 Å². The maximum atomic E-state index is 12.3. The van der Waals surface area contributed by atoms with Crippen LogP contribution in [0.4, 0.5) is 0 Å². The molecule has 0 bridgehead atoms. The lowest BCUT2D eigenvalue weighted by molar-refractivity contribution is -0.128. The van der Waals surface area contributed by atoms with Crippen LogP contribution in [0, 0.1) is 5.92 Å². The van der Waals surface area contributed by atoms with E-state index < -0.39 is 0 Å². The highest BCUT2D eigenvalue weighted by atomic mass is 16.3. The molecule has 2 atom stereocenters. The molecule has 24 heavy (non-hydrogen) atoms. The van der Waals surface area contributed by atoms with Gasteiger partial charge in [-0.3, -0.25) is 4.79 Å². The summed E-state index contributed by atoms with van der Waals surface area (Å²) in [5.74, 6) is 0.171. The molecule has 1 aliphatic rings. The number of aliphatic hydroxyl groups is 1. The molecule has 0 spiro atoms. The second-order valence-electron chi connectivity index (χ2n) is 6.31. The minimum Gasteiger partial charge on any atom is -0.393 e. The van der Waals surface area contributed by atoms with E-state index in [-0.39, 0.29) is 17.9 Å². The van der Waals surface area contributed by atoms with Crippen molar-refractivity contribution in [3.05, 3.63) is 54.4 Å². The van der Waals surface area contributed by atoms with E-state index in [1.165, 1.54) is 0 Å². The highest BCUT2D eigenvalue weighted by Crippen LogP contribution is 2.20. The number of carbonyl (C=O) groups excluding carboxylic acids is 1. The van der Waals surface area contributed by atoms with Crippen molar-refractivity contribution in [3.8, 4) is 5.69 Å². The Balaban J connectivity index is 1.63. The van der Waals surface area contributed by atoms with Gasteiger partial charge in [0.15, 0.2) is 0 Å². The summed E-state index contributed by atoms with van der Waals surface area (Å²) in [6, 6.07) is 9.85. The zero-order chi connectivity index (χ0) is 16.9. The van der Waals surface area contributed by atoms with Crippen molar-refractivity contribution < 1.29 is 9.90 Å². The molecule has 5 heteroatoms. The Morgan fingerprint density at radius 2 is 2.17 bits per heavy atom. The van der Waals surface area contributed by atoms with Gasteiger partial charge in [-0.25, -0.2) is 4.68 Å². The van der Waals surface area contributed by atoms with Crippen molar-refractivity contribution in [2.24, 2.45) is 5.92 Å². The second kappa shape index (κ2) is 7.45. The number of para-hydroxylation sites is 1. The number of hydrogen-bond acceptors (Lipinski definition) is 3. The van der Waals surface area contributed by atoms with Crippen LogP contribution in [0.15, 0.2) is 48.8 Å². The fraction of sp³-hybridized carbons (Fsp3) is 0.368. The zero-order valence-electron chi connectivity index (χ0n) is 13.9. The molecule has 1 N–H and O–H groups in total. The molecule has 1 fully saturated rings. The van der Waals surface area contributed by atoms with Crippen molar-refractivity contribution in [1.82, 2.24) is 14.7 Å². The number of rotatable bonds is 4. The van der Waals surface area contributed by atoms with Crippen LogP contribution in [0.2, 0.25) is 0 Å². The van der Waals surface area contributed by atoms with Gasteiger partial charge in [-0.05, 0) is 38.0 Å². The van der Waals surface area contributed by atoms with Crippen LogP contribution >= 0.6 is 0 Å². The van der Waals surface area contributed by atoms with Gasteiger partial charge in [0.25, 0.3) is 0 Å². The standard InChI is InChI=1S/C19H23N3O2/c1-15(23)17-6-5-11-21(14-17)19(24)10-9-16-12-20-22(13-16)18-7-3-2-4-8-18/h2-4,7-10,12-13,15,17,23H,5-6,11,14H2,1H3/b10-9+. The highest BCUT2D eigenvalue weighted by molar-refractivity contribution is 5.91. The SMILES string of the molecule is CC(O)C1CCCN(C(=O)/C=C/c2cnn(-c3ccccc3)c2)C1. The third-order valence-corrected chi connectivity index (χ3v) is 4.49. The minimum absolute atomic E-state index is 0.00666. The number of hydrogen-bond donors (Lipinski definition) is 1. The van der Waals surface area contributed by atoms with E-state index >= 15 is 0 Å². The fourth-order valence-corrected chi connectivity index (χ4v) is 3.02. The van der Waals surface area contributed by atoms with E-state index in [9.17, 15) is 9.90 Å². The van der Waals surface area contributed by atoms with E-state index in [1.54, 1.807) is 30.0 Å². The number of amides is 1. The van der Waals surface area contributed by atoms with Gasteiger partial charge >= 0.3 is 0 Å². The summed E-state index contributed by atoms with van der Waals surface area (Å²) in [5.41, 5.74) is 1.87. The molecule has 1 amide bonds. The smallest absolute Gasteiger partial charge is 0.246 e. The average molecular weight is 325 g/mol. The van der Waals surface area contributed by atoms with Gasteiger partial charge in [0.1, 0.15) is 0 Å². The molecule has 0 aliphatic carbocycles. The highest BCUT2D eigenvalue weighted by Gasteiger charge is 2.25. The summed E-state index contributed by atoms with van der Waals surface area (Å²) >= 11 is 0. The number of aliphatic hydroxyl groups excluding tert-OH is 1. The third kappa shape index (κ3) is 3.92. The predicted octanol–water partition coefficient (Wildman–Crippen LogP) is 2.50. The molecule has 0 saturated carbocycles. The molecule has 1 aliphatic heterocycles. The summed E-state index contributed by atoms with van der Waals surface area (Å²) < 4.78 is 1.79. The van der Waals surface area contributed by atoms with Gasteiger partial charge in [0.05, 0.1) is 18.0 Å². The van der Waals surface area contributed by atoms with E-state index in [1.807, 2.05) is 41.4 Å². The number of piperidine rings is 1. The van der Waals surface area contributed by atoms with Crippen LogP contribution in [-0.2, 0) is 4.79 Å². The van der Waals surface area contributed by atoms with Crippen molar-refractivity contribution in [2.45, 2.75) is 25.9 Å². The van der Waals surface area contributed by atoms with E-state index in [0.29, 0.717) is 6.54 Å². The van der Waals surface area contributed by atoms with E-state index in [4.69, 9.17) is 0 Å². The quantitative estimate of drug-likeness (QED) is 0.879. The lowest BCUT2D eigenvalue weighted by Crippen LogP contribution is -2.42. The van der Waals surface area contributed by atoms with Crippen LogP contribution in [0.5, 0.6) is 0 Å². The molecule has 0 radical (unpaired) electrons. The number of carbonyl (C=O) groups is 1. The molecule has 1 saturated heterocycles. The minimum atomic E-state index is -0.367. The lowest BCUT2D eigenvalue weighted by atomic mass is 9.93. The Hall–Kier alpha value is -2.40. The van der Waals surface area contributed by atoms with Gasteiger partial charge in [-0.2, -0.15) is 5.10 Å². The first kappa shape index (κ1) is 16.5. The Labute approximate surface area is 142 Å². The molecular weight excluding hydrogens is 302 g/mol. The van der Waals surface area contributed by atoms with Crippen LogP contribution < -0.4 is 0 Å². The number of benzene rings is 1. The summed E-state index contributed by atoms with van der Waals surface area (Å²) in [7, 11) is 0. The molecule has 1 aromatic heterocycles. The van der Waals surface area contributed by atoms with Gasteiger partial charge in [-0.15, -0.1) is 0 Å². The van der Waals surface area contributed by atoms with Crippen LogP contribution in [0.1, 0.15) is 25.3 Å². The maximum absolute atomic E-state index is 12.3. The maximum Gasteiger partial charge on any atom is 0.246 e. The van der Waals surface area contributed by atoms with Crippen molar-refractivity contribution >= 4 is 12.0 Å². The average Bonchev–Trinajstić information content (AvgIpc) is 3.09. The van der Waals surface area contributed by atoms with E-state index in [2.05, 4.69) is 5.10 Å². The Kier molecular flexibility index (Phi) is 5.11. The molecular formula is C19H23N3O2. The molecule has 2 heterocycles. The van der Waals surface area contributed by atoms with E-state index in [0.717, 1.165) is 30.6 Å². The first-order valence-corrected chi connectivity index (χ1v) is 8.38. The van der Waals surface area contributed by atoms with Crippen molar-refractivity contribution in [3.63, 3.8) is 0 Å². The molecule has 1 aromatic carbocycles. The summed E-state index contributed by atoms with van der Waals surface area (Å²) in [4.78, 5) is 14.2. The zero-order valence-corrected chi connectivity index (χ0v) is 13.9. The summed E-state index contributed by atoms with van der Waals surface area (Å²) in [6.45, 7) is 3.19. The Bertz CT molecular complexity index is 706. The second-order valence-corrected chi connectivity index (χ2v) is 6.31. The molecule has 126 valence electrons. The Morgan fingerprint density at radius 3 is 2.92 bits per heavy atom. The van der Waals surface area contributed by atoms with Gasteiger partial charge in [0.2, 0.25) is 5.91 Å². The summed E-state index contributed by atoms with van der Waals surface area (Å²) in [5, 5.41) is 14.0. The van der Waals surface area contributed by atoms with Crippen LogP contribution in [-0.4, -0.2) is 44.9 Å². The van der Waals surface area contributed by atoms with Gasteiger partial charge < -0.3 is 10.0 Å². The monoisotopic (exact) mass is 325 g/mol. The molecule has 3 rings (SSSR count). The number of aromatic nitrogens is 2. The first-order valence-electron chi connectivity index (χ1n) is 8.38. The van der Waals surface area contributed by atoms with Crippen molar-refractivity contribution in [1.29, 1.82) is 0 Å². The third-order valence-electron chi connectivity index (χ3n) is 4.49. The molecule has 2 aromatic rings. The van der Waals surface area contributed by atoms with Gasteiger partial charge in [0, 0.05) is 36.8 Å².